The molecule has 26 heteroatoms. The molecule has 7 amide bonds. The second-order valence-electron chi connectivity index (χ2n) is 14.0. The summed E-state index contributed by atoms with van der Waals surface area (Å²) in [6.45, 7) is 0.520. The monoisotopic (exact) mass is 859 g/mol. The van der Waals surface area contributed by atoms with Gasteiger partial charge in [-0.1, -0.05) is 6.42 Å². The van der Waals surface area contributed by atoms with Crippen LogP contribution >= 0.6 is 0 Å². The number of aliphatic carboxylic acids is 1. The third-order valence-electron chi connectivity index (χ3n) is 9.04. The van der Waals surface area contributed by atoms with Crippen molar-refractivity contribution in [2.24, 2.45) is 17.2 Å². The maximum absolute atomic E-state index is 14.0. The summed E-state index contributed by atoms with van der Waals surface area (Å²) in [7, 11) is 0. The Hall–Kier alpha value is -6.77. The highest BCUT2D eigenvalue weighted by atomic mass is 16.4. The van der Waals surface area contributed by atoms with Gasteiger partial charge in [-0.3, -0.25) is 33.6 Å². The van der Waals surface area contributed by atoms with E-state index in [0.717, 1.165) is 0 Å². The fourth-order valence-corrected chi connectivity index (χ4v) is 5.73. The van der Waals surface area contributed by atoms with Crippen molar-refractivity contribution in [3.8, 4) is 0 Å². The summed E-state index contributed by atoms with van der Waals surface area (Å²) in [5.74, 6) is -8.45. The lowest BCUT2D eigenvalue weighted by molar-refractivity contribution is -0.143. The molecule has 0 saturated heterocycles. The van der Waals surface area contributed by atoms with E-state index in [1.165, 1.54) is 44.5 Å². The van der Waals surface area contributed by atoms with Crippen LogP contribution in [0.1, 0.15) is 49.7 Å². The first-order valence-corrected chi connectivity index (χ1v) is 19.0. The van der Waals surface area contributed by atoms with Crippen molar-refractivity contribution in [1.82, 2.24) is 61.8 Å². The SMILES string of the molecule is C[C@@H](O)[C@H](NC(=O)[C@H](Cc1cnc[nH]1)NC(=O)[C@H](Cc1cnc[nH]1)NC(=O)[C@H](CO)NC(=O)[C@H](CC(N)=O)NC(=O)[C@@H](N)CCCCN)C(=O)N[C@@H](Cc1cnc[nH]1)C(=O)O. The van der Waals surface area contributed by atoms with Crippen LogP contribution < -0.4 is 49.1 Å². The molecule has 0 radical (unpaired) electrons. The van der Waals surface area contributed by atoms with E-state index in [2.05, 4.69) is 61.8 Å². The molecule has 0 aliphatic rings. The van der Waals surface area contributed by atoms with Gasteiger partial charge < -0.3 is 79.4 Å². The molecule has 334 valence electrons. The lowest BCUT2D eigenvalue weighted by Gasteiger charge is -2.27. The molecule has 61 heavy (non-hydrogen) atoms. The number of carbonyl (C=O) groups excluding carboxylic acids is 7. The molecule has 0 unspecified atom stereocenters. The van der Waals surface area contributed by atoms with Gasteiger partial charge in [-0.2, -0.15) is 0 Å². The number of aromatic amines is 3. The van der Waals surface area contributed by atoms with Crippen molar-refractivity contribution < 1.29 is 53.7 Å². The molecule has 8 atom stereocenters. The summed E-state index contributed by atoms with van der Waals surface area (Å²) >= 11 is 0. The zero-order valence-corrected chi connectivity index (χ0v) is 33.1. The van der Waals surface area contributed by atoms with Gasteiger partial charge in [-0.05, 0) is 26.3 Å². The van der Waals surface area contributed by atoms with Crippen LogP contribution in [0.5, 0.6) is 0 Å². The van der Waals surface area contributed by atoms with Gasteiger partial charge in [0.25, 0.3) is 0 Å². The third kappa shape index (κ3) is 16.1. The van der Waals surface area contributed by atoms with Gasteiger partial charge >= 0.3 is 5.97 Å². The van der Waals surface area contributed by atoms with E-state index in [1.54, 1.807) is 0 Å². The summed E-state index contributed by atoms with van der Waals surface area (Å²) in [6.07, 6.45) is 6.24. The standard InChI is InChI=1S/C35H53N15O11/c1-17(52)28(34(59)48-25(35(60)61)8-20-12-41-16-44-20)50-32(57)23(7-19-11-40-15-43-19)46-30(55)22(6-18-10-39-14-42-18)47-33(58)26(13-51)49-31(56)24(9-27(38)53)45-29(54)21(37)4-2-3-5-36/h10-12,14-17,21-26,28,51-52H,2-9,13,36-37H2,1H3,(H2,38,53)(H,39,42)(H,40,43)(H,41,44)(H,45,54)(H,46,55)(H,47,58)(H,48,59)(H,49,56)(H,50,57)(H,60,61)/t17-,21+,22+,23+,24+,25+,26+,28+/m1/s1. The van der Waals surface area contributed by atoms with Crippen molar-refractivity contribution in [3.05, 3.63) is 54.7 Å². The summed E-state index contributed by atoms with van der Waals surface area (Å²) < 4.78 is 0. The number of nitrogens with one attached hydrogen (secondary N) is 9. The number of hydrogen-bond acceptors (Lipinski definition) is 15. The summed E-state index contributed by atoms with van der Waals surface area (Å²) in [4.78, 5) is 124. The van der Waals surface area contributed by atoms with Gasteiger partial charge in [0, 0.05) is 54.9 Å². The van der Waals surface area contributed by atoms with E-state index in [9.17, 15) is 53.7 Å². The second-order valence-corrected chi connectivity index (χ2v) is 14.0. The average molecular weight is 860 g/mol. The molecule has 18 N–H and O–H groups in total. The van der Waals surface area contributed by atoms with Gasteiger partial charge in [-0.25, -0.2) is 19.7 Å². The van der Waals surface area contributed by atoms with Crippen molar-refractivity contribution in [2.45, 2.75) is 100 Å². The molecule has 0 saturated carbocycles. The Morgan fingerprint density at radius 1 is 0.639 bits per heavy atom. The molecule has 3 heterocycles. The van der Waals surface area contributed by atoms with Crippen molar-refractivity contribution in [2.75, 3.05) is 13.2 Å². The predicted molar refractivity (Wildman–Crippen MR) is 210 cm³/mol. The van der Waals surface area contributed by atoms with Crippen LogP contribution in [0.3, 0.4) is 0 Å². The molecular weight excluding hydrogens is 806 g/mol. The van der Waals surface area contributed by atoms with Crippen molar-refractivity contribution >= 4 is 47.3 Å². The van der Waals surface area contributed by atoms with Crippen LogP contribution in [0.15, 0.2) is 37.6 Å². The van der Waals surface area contributed by atoms with Crippen LogP contribution in [-0.2, 0) is 57.6 Å². The molecular formula is C35H53N15O11. The Morgan fingerprint density at radius 3 is 1.49 bits per heavy atom. The first-order chi connectivity index (χ1) is 29.0. The smallest absolute Gasteiger partial charge is 0.326 e. The quantitative estimate of drug-likeness (QED) is 0.0317. The molecule has 0 aromatic carbocycles. The number of aliphatic hydroxyl groups excluding tert-OH is 2. The van der Waals surface area contributed by atoms with E-state index in [-0.39, 0.29) is 25.7 Å². The average Bonchev–Trinajstić information content (AvgIpc) is 4.03. The number of amides is 7. The Morgan fingerprint density at radius 2 is 1.07 bits per heavy atom. The summed E-state index contributed by atoms with van der Waals surface area (Å²) in [5, 5.41) is 44.4. The van der Waals surface area contributed by atoms with Crippen molar-refractivity contribution in [1.29, 1.82) is 0 Å². The highest BCUT2D eigenvalue weighted by Crippen LogP contribution is 2.07. The molecule has 0 aliphatic carbocycles. The van der Waals surface area contributed by atoms with Crippen LogP contribution in [0.2, 0.25) is 0 Å². The minimum Gasteiger partial charge on any atom is -0.480 e. The Labute approximate surface area is 347 Å². The molecule has 3 aromatic rings. The van der Waals surface area contributed by atoms with Crippen LogP contribution in [-0.4, -0.2) is 154 Å². The maximum Gasteiger partial charge on any atom is 0.326 e. The molecule has 3 aromatic heterocycles. The van der Waals surface area contributed by atoms with E-state index in [4.69, 9.17) is 17.2 Å². The van der Waals surface area contributed by atoms with Gasteiger partial charge in [0.1, 0.15) is 36.3 Å². The topological polar surface area (TPSA) is 434 Å². The van der Waals surface area contributed by atoms with Crippen LogP contribution in [0, 0.1) is 0 Å². The number of carbonyl (C=O) groups is 8. The number of unbranched alkanes of at least 4 members (excludes halogenated alkanes) is 1. The number of carboxylic acid groups (broad SMARTS) is 1. The number of rotatable bonds is 27. The lowest BCUT2D eigenvalue weighted by Crippen LogP contribution is -2.62. The largest absolute Gasteiger partial charge is 0.480 e. The zero-order chi connectivity index (χ0) is 45.1. The molecule has 0 aliphatic heterocycles. The van der Waals surface area contributed by atoms with E-state index < -0.39 is 109 Å². The number of carboxylic acids is 1. The minimum atomic E-state index is -1.76. The number of imidazole rings is 3. The Bertz CT molecular complexity index is 1890. The normalized spacial score (nSPS) is 15.0. The second kappa shape index (κ2) is 24.3. The van der Waals surface area contributed by atoms with Crippen molar-refractivity contribution in [3.63, 3.8) is 0 Å². The number of hydrogen-bond donors (Lipinski definition) is 15. The molecule has 26 nitrogen and oxygen atoms in total. The molecule has 0 spiro atoms. The maximum atomic E-state index is 14.0. The minimum absolute atomic E-state index is 0.209. The molecule has 0 bridgehead atoms. The first-order valence-electron chi connectivity index (χ1n) is 19.0. The van der Waals surface area contributed by atoms with E-state index >= 15 is 0 Å². The fourth-order valence-electron chi connectivity index (χ4n) is 5.73. The number of H-pyrrole nitrogens is 3. The van der Waals surface area contributed by atoms with E-state index in [1.807, 2.05) is 0 Å². The van der Waals surface area contributed by atoms with Crippen LogP contribution in [0.25, 0.3) is 0 Å². The van der Waals surface area contributed by atoms with Crippen LogP contribution in [0.4, 0.5) is 0 Å². The fraction of sp³-hybridized carbons (Fsp3) is 0.514. The predicted octanol–water partition coefficient (Wildman–Crippen LogP) is -6.42. The van der Waals surface area contributed by atoms with Gasteiger partial charge in [0.05, 0.1) is 44.2 Å². The molecule has 3 rings (SSSR count). The Kier molecular flexibility index (Phi) is 19.4. The summed E-state index contributed by atoms with van der Waals surface area (Å²) in [6, 6.07) is -10.7. The number of aromatic nitrogens is 6. The van der Waals surface area contributed by atoms with Gasteiger partial charge in [0.2, 0.25) is 41.4 Å². The third-order valence-corrected chi connectivity index (χ3v) is 9.04. The lowest BCUT2D eigenvalue weighted by atomic mass is 10.1. The number of aliphatic hydroxyl groups is 2. The number of nitrogens with zero attached hydrogens (tertiary/aromatic N) is 3. The highest BCUT2D eigenvalue weighted by molar-refractivity contribution is 5.98. The van der Waals surface area contributed by atoms with Gasteiger partial charge in [-0.15, -0.1) is 0 Å². The molecule has 0 fully saturated rings. The Balaban J connectivity index is 1.81. The van der Waals surface area contributed by atoms with Gasteiger partial charge in [0.15, 0.2) is 0 Å². The van der Waals surface area contributed by atoms with E-state index in [0.29, 0.717) is 36.5 Å². The zero-order valence-electron chi connectivity index (χ0n) is 33.1. The number of nitrogens with two attached hydrogens (primary N) is 3. The first kappa shape index (κ1) is 48.6. The number of primary amides is 1. The summed E-state index contributed by atoms with van der Waals surface area (Å²) in [5.41, 5.74) is 17.7. The highest BCUT2D eigenvalue weighted by Gasteiger charge is 2.35.